The largest absolute Gasteiger partial charge is 0.505 e. The van der Waals surface area contributed by atoms with Gasteiger partial charge in [0.1, 0.15) is 17.9 Å². The van der Waals surface area contributed by atoms with E-state index in [9.17, 15) is 14.3 Å². The number of hydrogen-bond donors (Lipinski definition) is 2. The molecular formula is C13H8ClFN4O2. The summed E-state index contributed by atoms with van der Waals surface area (Å²) in [5.74, 6) is -1.75. The lowest BCUT2D eigenvalue weighted by molar-refractivity contribution is 0.0990. The van der Waals surface area contributed by atoms with E-state index in [2.05, 4.69) is 10.1 Å². The number of hydrogen-bond acceptors (Lipinski definition) is 4. The van der Waals surface area contributed by atoms with Crippen molar-refractivity contribution in [1.82, 2.24) is 14.6 Å². The molecular weight excluding hydrogens is 299 g/mol. The van der Waals surface area contributed by atoms with Crippen molar-refractivity contribution in [2.45, 2.75) is 0 Å². The third kappa shape index (κ3) is 2.07. The summed E-state index contributed by atoms with van der Waals surface area (Å²) in [5, 5.41) is 13.8. The van der Waals surface area contributed by atoms with Gasteiger partial charge in [-0.25, -0.2) is 13.9 Å². The third-order valence-electron chi connectivity index (χ3n) is 2.99. The molecule has 0 atom stereocenters. The molecule has 0 unspecified atom stereocenters. The first-order chi connectivity index (χ1) is 9.99. The van der Waals surface area contributed by atoms with Crippen LogP contribution in [0.15, 0.2) is 30.6 Å². The Hall–Kier alpha value is -2.67. The highest BCUT2D eigenvalue weighted by Crippen LogP contribution is 2.31. The maximum absolute atomic E-state index is 13.2. The lowest BCUT2D eigenvalue weighted by Gasteiger charge is -2.09. The monoisotopic (exact) mass is 306 g/mol. The van der Waals surface area contributed by atoms with Gasteiger partial charge in [0.2, 0.25) is 0 Å². The van der Waals surface area contributed by atoms with E-state index in [0.29, 0.717) is 16.8 Å². The van der Waals surface area contributed by atoms with Crippen molar-refractivity contribution in [2.75, 3.05) is 0 Å². The van der Waals surface area contributed by atoms with Crippen LogP contribution in [0.1, 0.15) is 10.5 Å². The molecule has 6 nitrogen and oxygen atoms in total. The van der Waals surface area contributed by atoms with Crippen LogP contribution >= 0.6 is 11.6 Å². The molecule has 2 aromatic heterocycles. The van der Waals surface area contributed by atoms with Gasteiger partial charge in [-0.3, -0.25) is 4.79 Å². The molecule has 106 valence electrons. The normalized spacial score (nSPS) is 11.0. The minimum absolute atomic E-state index is 0.0661. The van der Waals surface area contributed by atoms with Crippen LogP contribution in [-0.4, -0.2) is 25.6 Å². The van der Waals surface area contributed by atoms with Crippen LogP contribution in [0.2, 0.25) is 5.02 Å². The van der Waals surface area contributed by atoms with Crippen LogP contribution in [0.5, 0.6) is 5.75 Å². The Morgan fingerprint density at radius 1 is 1.38 bits per heavy atom. The molecule has 3 aromatic rings. The average molecular weight is 307 g/mol. The molecule has 0 aliphatic carbocycles. The van der Waals surface area contributed by atoms with Gasteiger partial charge < -0.3 is 10.8 Å². The molecule has 0 aliphatic rings. The Balaban J connectivity index is 2.34. The summed E-state index contributed by atoms with van der Waals surface area (Å²) >= 11 is 5.76. The second-order valence-corrected chi connectivity index (χ2v) is 4.69. The first-order valence-electron chi connectivity index (χ1n) is 5.80. The van der Waals surface area contributed by atoms with Crippen LogP contribution in [0.3, 0.4) is 0 Å². The maximum Gasteiger partial charge on any atom is 0.271 e. The highest BCUT2D eigenvalue weighted by atomic mass is 35.5. The van der Waals surface area contributed by atoms with E-state index in [1.165, 1.54) is 30.6 Å². The van der Waals surface area contributed by atoms with Crippen molar-refractivity contribution in [3.05, 3.63) is 47.1 Å². The molecule has 2 heterocycles. The number of halogens is 2. The molecule has 8 heteroatoms. The molecule has 1 aromatic carbocycles. The maximum atomic E-state index is 13.2. The van der Waals surface area contributed by atoms with Crippen molar-refractivity contribution < 1.29 is 14.3 Å². The topological polar surface area (TPSA) is 93.5 Å². The number of benzene rings is 1. The molecule has 0 fully saturated rings. The molecule has 0 spiro atoms. The first-order valence-corrected chi connectivity index (χ1v) is 6.17. The van der Waals surface area contributed by atoms with Crippen LogP contribution in [-0.2, 0) is 0 Å². The van der Waals surface area contributed by atoms with Crippen molar-refractivity contribution >= 4 is 23.2 Å². The zero-order valence-electron chi connectivity index (χ0n) is 10.4. The van der Waals surface area contributed by atoms with E-state index in [1.807, 2.05) is 0 Å². The lowest BCUT2D eigenvalue weighted by atomic mass is 10.1. The number of fused-ring (bicyclic) bond motifs is 1. The minimum atomic E-state index is -0.841. The third-order valence-corrected chi connectivity index (χ3v) is 3.28. The standard InChI is InChI=1S/C13H8ClFN4O2/c14-8-3-6(1-2-9(8)15)7-4-10(20)11(12(16)21)19-13(7)17-5-18-19/h1-5,20H,(H2,16,21). The van der Waals surface area contributed by atoms with E-state index in [-0.39, 0.29) is 16.5 Å². The summed E-state index contributed by atoms with van der Waals surface area (Å²) in [7, 11) is 0. The second-order valence-electron chi connectivity index (χ2n) is 4.28. The van der Waals surface area contributed by atoms with E-state index in [1.54, 1.807) is 0 Å². The summed E-state index contributed by atoms with van der Waals surface area (Å²) < 4.78 is 14.4. The lowest BCUT2D eigenvalue weighted by Crippen LogP contribution is -2.16. The molecule has 21 heavy (non-hydrogen) atoms. The number of pyridine rings is 1. The van der Waals surface area contributed by atoms with Gasteiger partial charge in [0.15, 0.2) is 11.3 Å². The molecule has 0 saturated carbocycles. The van der Waals surface area contributed by atoms with E-state index < -0.39 is 11.7 Å². The number of carbonyl (C=O) groups is 1. The van der Waals surface area contributed by atoms with Crippen LogP contribution < -0.4 is 5.73 Å². The number of rotatable bonds is 2. The number of nitrogens with zero attached hydrogens (tertiary/aromatic N) is 3. The predicted octanol–water partition coefficient (Wildman–Crippen LogP) is 1.99. The summed E-state index contributed by atoms with van der Waals surface area (Å²) in [6.45, 7) is 0. The summed E-state index contributed by atoms with van der Waals surface area (Å²) in [5.41, 5.74) is 6.29. The zero-order valence-corrected chi connectivity index (χ0v) is 11.2. The number of aromatic nitrogens is 3. The summed E-state index contributed by atoms with van der Waals surface area (Å²) in [6, 6.07) is 5.39. The smallest absolute Gasteiger partial charge is 0.271 e. The van der Waals surface area contributed by atoms with Crippen molar-refractivity contribution in [2.24, 2.45) is 5.73 Å². The van der Waals surface area contributed by atoms with Crippen molar-refractivity contribution in [3.8, 4) is 16.9 Å². The van der Waals surface area contributed by atoms with Gasteiger partial charge in [0, 0.05) is 5.56 Å². The van der Waals surface area contributed by atoms with Crippen molar-refractivity contribution in [3.63, 3.8) is 0 Å². The number of aromatic hydroxyl groups is 1. The van der Waals surface area contributed by atoms with Crippen LogP contribution in [0.25, 0.3) is 16.8 Å². The summed E-state index contributed by atoms with van der Waals surface area (Å²) in [6.07, 6.45) is 1.22. The van der Waals surface area contributed by atoms with E-state index >= 15 is 0 Å². The fraction of sp³-hybridized carbons (Fsp3) is 0. The SMILES string of the molecule is NC(=O)c1c(O)cc(-c2ccc(F)c(Cl)c2)c2ncnn12. The minimum Gasteiger partial charge on any atom is -0.505 e. The molecule has 3 N–H and O–H groups in total. The van der Waals surface area contributed by atoms with Gasteiger partial charge in [-0.05, 0) is 23.8 Å². The molecule has 0 radical (unpaired) electrons. The molecule has 1 amide bonds. The van der Waals surface area contributed by atoms with Gasteiger partial charge in [0.25, 0.3) is 5.91 Å². The Kier molecular flexibility index (Phi) is 2.99. The number of nitrogens with two attached hydrogens (primary N) is 1. The Labute approximate surface area is 122 Å². The number of primary amides is 1. The van der Waals surface area contributed by atoms with Crippen LogP contribution in [0.4, 0.5) is 4.39 Å². The van der Waals surface area contributed by atoms with Gasteiger partial charge in [-0.15, -0.1) is 0 Å². The Morgan fingerprint density at radius 2 is 2.14 bits per heavy atom. The highest BCUT2D eigenvalue weighted by molar-refractivity contribution is 6.31. The van der Waals surface area contributed by atoms with Gasteiger partial charge in [-0.2, -0.15) is 5.10 Å². The van der Waals surface area contributed by atoms with Gasteiger partial charge >= 0.3 is 0 Å². The second kappa shape index (κ2) is 4.71. The van der Waals surface area contributed by atoms with Gasteiger partial charge in [0.05, 0.1) is 5.02 Å². The predicted molar refractivity (Wildman–Crippen MR) is 73.6 cm³/mol. The number of carbonyl (C=O) groups excluding carboxylic acids is 1. The molecule has 3 rings (SSSR count). The van der Waals surface area contributed by atoms with Gasteiger partial charge in [-0.1, -0.05) is 17.7 Å². The molecule has 0 bridgehead atoms. The fourth-order valence-corrected chi connectivity index (χ4v) is 2.25. The zero-order chi connectivity index (χ0) is 15.1. The Bertz CT molecular complexity index is 878. The average Bonchev–Trinajstić information content (AvgIpc) is 2.89. The molecule has 0 aliphatic heterocycles. The molecule has 0 saturated heterocycles. The summed E-state index contributed by atoms with van der Waals surface area (Å²) in [4.78, 5) is 15.4. The quantitative estimate of drug-likeness (QED) is 0.757. The van der Waals surface area contributed by atoms with Crippen LogP contribution in [0, 0.1) is 5.82 Å². The van der Waals surface area contributed by atoms with Crippen molar-refractivity contribution in [1.29, 1.82) is 0 Å². The van der Waals surface area contributed by atoms with E-state index in [0.717, 1.165) is 4.52 Å². The first kappa shape index (κ1) is 13.3. The highest BCUT2D eigenvalue weighted by Gasteiger charge is 2.19. The fourth-order valence-electron chi connectivity index (χ4n) is 2.07. The Morgan fingerprint density at radius 3 is 2.81 bits per heavy atom. The number of amides is 1. The van der Waals surface area contributed by atoms with E-state index in [4.69, 9.17) is 17.3 Å².